The fourth-order valence-corrected chi connectivity index (χ4v) is 5.40. The van der Waals surface area contributed by atoms with Crippen molar-refractivity contribution >= 4 is 34.7 Å². The van der Waals surface area contributed by atoms with Crippen molar-refractivity contribution in [1.29, 1.82) is 0 Å². The van der Waals surface area contributed by atoms with Gasteiger partial charge in [0.15, 0.2) is 5.13 Å². The number of aryl methyl sites for hydroxylation is 1. The summed E-state index contributed by atoms with van der Waals surface area (Å²) in [4.78, 5) is 47.8. The summed E-state index contributed by atoms with van der Waals surface area (Å²) in [6.45, 7) is 7.28. The first kappa shape index (κ1) is 24.4. The molecule has 2 fully saturated rings. The molecule has 0 aromatic carbocycles. The van der Waals surface area contributed by atoms with Crippen LogP contribution < -0.4 is 4.90 Å². The fourth-order valence-electron chi connectivity index (χ4n) is 4.54. The number of unbranched alkanes of at least 4 members (excludes halogenated alkanes) is 2. The van der Waals surface area contributed by atoms with Crippen molar-refractivity contribution in [3.63, 3.8) is 0 Å². The van der Waals surface area contributed by atoms with Crippen LogP contribution in [0.4, 0.5) is 5.13 Å². The van der Waals surface area contributed by atoms with Crippen LogP contribution in [-0.4, -0.2) is 88.6 Å². The van der Waals surface area contributed by atoms with Gasteiger partial charge in [0.05, 0.1) is 18.2 Å². The van der Waals surface area contributed by atoms with Crippen LogP contribution >= 0.6 is 11.3 Å². The SMILES string of the molecule is CCCCC[C@H](CN(O)C=O)C(=O)N1CCC[C@H]1C(=O)N1CCN(c2nc(C)cs2)CC1. The average molecular weight is 466 g/mol. The van der Waals surface area contributed by atoms with E-state index < -0.39 is 12.0 Å². The van der Waals surface area contributed by atoms with E-state index in [-0.39, 0.29) is 18.4 Å². The lowest BCUT2D eigenvalue weighted by Crippen LogP contribution is -2.55. The minimum absolute atomic E-state index is 0.00868. The highest BCUT2D eigenvalue weighted by Crippen LogP contribution is 2.26. The number of thiazole rings is 1. The van der Waals surface area contributed by atoms with Crippen LogP contribution in [0.2, 0.25) is 0 Å². The summed E-state index contributed by atoms with van der Waals surface area (Å²) in [5.74, 6) is -0.612. The zero-order valence-electron chi connectivity index (χ0n) is 19.1. The highest BCUT2D eigenvalue weighted by Gasteiger charge is 2.39. The number of hydrogen-bond donors (Lipinski definition) is 1. The molecule has 0 aliphatic carbocycles. The van der Waals surface area contributed by atoms with E-state index >= 15 is 0 Å². The largest absolute Gasteiger partial charge is 0.345 e. The lowest BCUT2D eigenvalue weighted by atomic mass is 9.98. The standard InChI is InChI=1S/C22H35N5O4S/c1-3-4-5-7-18(14-26(31)16-28)20(29)27-9-6-8-19(27)21(30)24-10-12-25(13-11-24)22-23-17(2)15-32-22/h15-16,18-19,31H,3-14H2,1-2H3/t18-,19+/m1/s1. The maximum Gasteiger partial charge on any atom is 0.245 e. The van der Waals surface area contributed by atoms with Gasteiger partial charge in [0.25, 0.3) is 0 Å². The summed E-state index contributed by atoms with van der Waals surface area (Å²) < 4.78 is 0. The lowest BCUT2D eigenvalue weighted by molar-refractivity contribution is -0.158. The van der Waals surface area contributed by atoms with E-state index in [4.69, 9.17) is 0 Å². The molecular formula is C22H35N5O4S. The molecule has 2 aliphatic rings. The summed E-state index contributed by atoms with van der Waals surface area (Å²) in [6, 6.07) is -0.451. The third-order valence-corrected chi connectivity index (χ3v) is 7.34. The van der Waals surface area contributed by atoms with Crippen LogP contribution in [0.3, 0.4) is 0 Å². The first-order valence-corrected chi connectivity index (χ1v) is 12.5. The molecule has 0 spiro atoms. The number of piperazine rings is 1. The van der Waals surface area contributed by atoms with E-state index in [1.165, 1.54) is 0 Å². The molecular weight excluding hydrogens is 430 g/mol. The molecule has 0 radical (unpaired) electrons. The first-order chi connectivity index (χ1) is 15.4. The van der Waals surface area contributed by atoms with Gasteiger partial charge in [-0.25, -0.2) is 10.0 Å². The van der Waals surface area contributed by atoms with Crippen LogP contribution in [0.25, 0.3) is 0 Å². The molecule has 0 unspecified atom stereocenters. The highest BCUT2D eigenvalue weighted by atomic mass is 32.1. The fraction of sp³-hybridized carbons (Fsp3) is 0.727. The van der Waals surface area contributed by atoms with E-state index in [0.717, 1.165) is 49.6 Å². The van der Waals surface area contributed by atoms with Gasteiger partial charge in [-0.3, -0.25) is 19.6 Å². The summed E-state index contributed by atoms with van der Waals surface area (Å²) in [5, 5.41) is 13.3. The van der Waals surface area contributed by atoms with Crippen molar-refractivity contribution in [1.82, 2.24) is 19.8 Å². The maximum atomic E-state index is 13.3. The predicted molar refractivity (Wildman–Crippen MR) is 123 cm³/mol. The van der Waals surface area contributed by atoms with Crippen molar-refractivity contribution < 1.29 is 19.6 Å². The normalized spacial score (nSPS) is 19.8. The van der Waals surface area contributed by atoms with E-state index in [1.807, 2.05) is 17.2 Å². The van der Waals surface area contributed by atoms with Crippen LogP contribution in [0, 0.1) is 12.8 Å². The first-order valence-electron chi connectivity index (χ1n) is 11.6. The van der Waals surface area contributed by atoms with Crippen molar-refractivity contribution in [2.75, 3.05) is 44.2 Å². The Morgan fingerprint density at radius 2 is 2.03 bits per heavy atom. The van der Waals surface area contributed by atoms with E-state index in [0.29, 0.717) is 43.9 Å². The quantitative estimate of drug-likeness (QED) is 0.246. The third kappa shape index (κ3) is 5.98. The second-order valence-corrected chi connectivity index (χ2v) is 9.53. The number of rotatable bonds is 10. The molecule has 0 bridgehead atoms. The Morgan fingerprint density at radius 1 is 1.28 bits per heavy atom. The molecule has 1 N–H and O–H groups in total. The number of hydrogen-bond acceptors (Lipinski definition) is 7. The Labute approximate surface area is 193 Å². The summed E-state index contributed by atoms with van der Waals surface area (Å²) >= 11 is 1.62. The molecule has 3 heterocycles. The Hall–Kier alpha value is -2.20. The van der Waals surface area contributed by atoms with Gasteiger partial charge in [-0.05, 0) is 26.2 Å². The van der Waals surface area contributed by atoms with Gasteiger partial charge in [-0.1, -0.05) is 26.2 Å². The number of anilines is 1. The summed E-state index contributed by atoms with van der Waals surface area (Å²) in [6.07, 6.45) is 5.24. The molecule has 10 heteroatoms. The number of nitrogens with zero attached hydrogens (tertiary/aromatic N) is 5. The molecule has 1 aromatic rings. The van der Waals surface area contributed by atoms with Crippen molar-refractivity contribution in [3.8, 4) is 0 Å². The Kier molecular flexibility index (Phi) is 8.86. The van der Waals surface area contributed by atoms with Crippen LogP contribution in [0.5, 0.6) is 0 Å². The van der Waals surface area contributed by atoms with Gasteiger partial charge in [0.2, 0.25) is 18.2 Å². The molecule has 9 nitrogen and oxygen atoms in total. The van der Waals surface area contributed by atoms with E-state index in [2.05, 4.69) is 16.8 Å². The molecule has 178 valence electrons. The molecule has 32 heavy (non-hydrogen) atoms. The average Bonchev–Trinajstić information content (AvgIpc) is 3.47. The zero-order chi connectivity index (χ0) is 23.1. The smallest absolute Gasteiger partial charge is 0.245 e. The monoisotopic (exact) mass is 465 g/mol. The number of hydroxylamine groups is 2. The molecule has 1 aromatic heterocycles. The lowest BCUT2D eigenvalue weighted by Gasteiger charge is -2.37. The van der Waals surface area contributed by atoms with Crippen LogP contribution in [0.15, 0.2) is 5.38 Å². The molecule has 2 aliphatic heterocycles. The van der Waals surface area contributed by atoms with Crippen molar-refractivity contribution in [3.05, 3.63) is 11.1 Å². The van der Waals surface area contributed by atoms with Gasteiger partial charge in [-0.15, -0.1) is 11.3 Å². The van der Waals surface area contributed by atoms with Crippen LogP contribution in [0.1, 0.15) is 51.1 Å². The molecule has 3 amide bonds. The minimum Gasteiger partial charge on any atom is -0.345 e. The number of carbonyl (C=O) groups excluding carboxylic acids is 3. The molecule has 2 atom stereocenters. The number of aromatic nitrogens is 1. The topological polar surface area (TPSA) is 97.3 Å². The van der Waals surface area contributed by atoms with Crippen molar-refractivity contribution in [2.24, 2.45) is 5.92 Å². The molecule has 0 saturated carbocycles. The molecule has 2 saturated heterocycles. The third-order valence-electron chi connectivity index (χ3n) is 6.32. The number of amides is 3. The zero-order valence-corrected chi connectivity index (χ0v) is 19.9. The summed E-state index contributed by atoms with van der Waals surface area (Å²) in [7, 11) is 0. The second-order valence-electron chi connectivity index (χ2n) is 8.69. The summed E-state index contributed by atoms with van der Waals surface area (Å²) in [5.41, 5.74) is 1.01. The van der Waals surface area contributed by atoms with Crippen LogP contribution in [-0.2, 0) is 14.4 Å². The van der Waals surface area contributed by atoms with E-state index in [9.17, 15) is 19.6 Å². The maximum absolute atomic E-state index is 13.3. The molecule has 3 rings (SSSR count). The van der Waals surface area contributed by atoms with Gasteiger partial charge in [-0.2, -0.15) is 0 Å². The Bertz CT molecular complexity index is 780. The Balaban J connectivity index is 1.60. The van der Waals surface area contributed by atoms with E-state index in [1.54, 1.807) is 16.2 Å². The predicted octanol–water partition coefficient (Wildman–Crippen LogP) is 2.14. The highest BCUT2D eigenvalue weighted by molar-refractivity contribution is 7.13. The minimum atomic E-state index is -0.491. The van der Waals surface area contributed by atoms with Gasteiger partial charge in [0, 0.05) is 38.1 Å². The number of carbonyl (C=O) groups is 3. The Morgan fingerprint density at radius 3 is 2.66 bits per heavy atom. The number of likely N-dealkylation sites (tertiary alicyclic amines) is 1. The van der Waals surface area contributed by atoms with Gasteiger partial charge < -0.3 is 14.7 Å². The van der Waals surface area contributed by atoms with Crippen molar-refractivity contribution in [2.45, 2.75) is 58.4 Å². The van der Waals surface area contributed by atoms with Gasteiger partial charge >= 0.3 is 0 Å². The van der Waals surface area contributed by atoms with Gasteiger partial charge in [0.1, 0.15) is 6.04 Å². The second kappa shape index (κ2) is 11.6.